The molecule has 0 bridgehead atoms. The Bertz CT molecular complexity index is 777. The second-order valence-electron chi connectivity index (χ2n) is 5.85. The molecule has 1 heterocycles. The van der Waals surface area contributed by atoms with E-state index in [2.05, 4.69) is 12.0 Å². The highest BCUT2D eigenvalue weighted by atomic mass is 32.2. The molecule has 0 fully saturated rings. The molecule has 0 aliphatic heterocycles. The van der Waals surface area contributed by atoms with E-state index in [9.17, 15) is 8.42 Å². The Morgan fingerprint density at radius 2 is 1.74 bits per heavy atom. The van der Waals surface area contributed by atoms with Crippen LogP contribution in [0.5, 0.6) is 0 Å². The Balaban J connectivity index is 2.14. The summed E-state index contributed by atoms with van der Waals surface area (Å²) in [5.74, 6) is 0. The van der Waals surface area contributed by atoms with Crippen molar-refractivity contribution >= 4 is 10.0 Å². The number of hydrogen-bond donors (Lipinski definition) is 0. The Kier molecular flexibility index (Phi) is 5.26. The highest BCUT2D eigenvalue weighted by Crippen LogP contribution is 2.18. The maximum atomic E-state index is 12.6. The Morgan fingerprint density at radius 3 is 2.26 bits per heavy atom. The maximum absolute atomic E-state index is 12.6. The number of benzene rings is 1. The Hall–Kier alpha value is -1.66. The number of aromatic nitrogens is 2. The first-order valence-corrected chi connectivity index (χ1v) is 9.27. The van der Waals surface area contributed by atoms with Gasteiger partial charge in [0.25, 0.3) is 0 Å². The van der Waals surface area contributed by atoms with Crippen molar-refractivity contribution in [2.45, 2.75) is 45.6 Å². The van der Waals surface area contributed by atoms with E-state index in [1.807, 2.05) is 37.6 Å². The van der Waals surface area contributed by atoms with Gasteiger partial charge in [0.15, 0.2) is 0 Å². The minimum absolute atomic E-state index is 0.336. The Morgan fingerprint density at radius 1 is 1.13 bits per heavy atom. The molecule has 0 aliphatic carbocycles. The van der Waals surface area contributed by atoms with Gasteiger partial charge in [-0.15, -0.1) is 0 Å². The van der Waals surface area contributed by atoms with Crippen molar-refractivity contribution in [1.82, 2.24) is 14.1 Å². The summed E-state index contributed by atoms with van der Waals surface area (Å²) in [7, 11) is -1.82. The zero-order valence-corrected chi connectivity index (χ0v) is 15.3. The van der Waals surface area contributed by atoms with E-state index in [0.29, 0.717) is 17.9 Å². The van der Waals surface area contributed by atoms with Crippen LogP contribution in [-0.4, -0.2) is 36.1 Å². The van der Waals surface area contributed by atoms with Gasteiger partial charge in [-0.05, 0) is 51.8 Å². The van der Waals surface area contributed by atoms with Crippen LogP contribution in [0.3, 0.4) is 0 Å². The SMILES string of the molecule is CCn1nc(C)c(CCN(C)S(=O)(=O)c2ccc(C)cc2)c1C. The van der Waals surface area contributed by atoms with Gasteiger partial charge < -0.3 is 0 Å². The van der Waals surface area contributed by atoms with Crippen LogP contribution in [0.25, 0.3) is 0 Å². The van der Waals surface area contributed by atoms with Crippen molar-refractivity contribution in [2.24, 2.45) is 0 Å². The van der Waals surface area contributed by atoms with Crippen LogP contribution >= 0.6 is 0 Å². The smallest absolute Gasteiger partial charge is 0.242 e. The van der Waals surface area contributed by atoms with Crippen molar-refractivity contribution in [2.75, 3.05) is 13.6 Å². The van der Waals surface area contributed by atoms with Crippen LogP contribution < -0.4 is 0 Å². The molecule has 0 aliphatic rings. The average molecular weight is 335 g/mol. The minimum Gasteiger partial charge on any atom is -0.270 e. The summed E-state index contributed by atoms with van der Waals surface area (Å²) >= 11 is 0. The summed E-state index contributed by atoms with van der Waals surface area (Å²) in [4.78, 5) is 0.336. The highest BCUT2D eigenvalue weighted by molar-refractivity contribution is 7.89. The molecule has 1 aromatic heterocycles. The van der Waals surface area contributed by atoms with Gasteiger partial charge in [-0.1, -0.05) is 17.7 Å². The van der Waals surface area contributed by atoms with Crippen molar-refractivity contribution in [3.63, 3.8) is 0 Å². The predicted molar refractivity (Wildman–Crippen MR) is 92.1 cm³/mol. The fourth-order valence-corrected chi connectivity index (χ4v) is 3.85. The number of likely N-dealkylation sites (N-methyl/N-ethyl adjacent to an activating group) is 1. The van der Waals surface area contributed by atoms with E-state index in [-0.39, 0.29) is 0 Å². The second-order valence-corrected chi connectivity index (χ2v) is 7.90. The monoisotopic (exact) mass is 335 g/mol. The van der Waals surface area contributed by atoms with Gasteiger partial charge in [0, 0.05) is 25.8 Å². The van der Waals surface area contributed by atoms with E-state index in [1.54, 1.807) is 19.2 Å². The van der Waals surface area contributed by atoms with Crippen LogP contribution in [0.1, 0.15) is 29.4 Å². The van der Waals surface area contributed by atoms with Crippen molar-refractivity contribution in [1.29, 1.82) is 0 Å². The van der Waals surface area contributed by atoms with Crippen molar-refractivity contribution in [3.05, 3.63) is 46.8 Å². The number of aryl methyl sites for hydroxylation is 3. The molecule has 1 aromatic carbocycles. The second kappa shape index (κ2) is 6.84. The molecule has 0 amide bonds. The van der Waals surface area contributed by atoms with Gasteiger partial charge in [-0.2, -0.15) is 5.10 Å². The van der Waals surface area contributed by atoms with Crippen molar-refractivity contribution in [3.8, 4) is 0 Å². The first-order valence-electron chi connectivity index (χ1n) is 7.83. The first kappa shape index (κ1) is 17.7. The largest absolute Gasteiger partial charge is 0.270 e. The number of nitrogens with zero attached hydrogens (tertiary/aromatic N) is 3. The normalized spacial score (nSPS) is 12.1. The molecule has 5 nitrogen and oxygen atoms in total. The molecule has 6 heteroatoms. The minimum atomic E-state index is -3.44. The fraction of sp³-hybridized carbons (Fsp3) is 0.471. The zero-order chi connectivity index (χ0) is 17.2. The number of hydrogen-bond acceptors (Lipinski definition) is 3. The lowest BCUT2D eigenvalue weighted by molar-refractivity contribution is 0.472. The lowest BCUT2D eigenvalue weighted by atomic mass is 10.1. The third-order valence-corrected chi connectivity index (χ3v) is 6.11. The molecular formula is C17H25N3O2S. The number of rotatable bonds is 6. The van der Waals surface area contributed by atoms with Gasteiger partial charge in [-0.3, -0.25) is 4.68 Å². The van der Waals surface area contributed by atoms with E-state index >= 15 is 0 Å². The third kappa shape index (κ3) is 3.64. The van der Waals surface area contributed by atoms with Crippen LogP contribution in [0.15, 0.2) is 29.2 Å². The van der Waals surface area contributed by atoms with Gasteiger partial charge in [0.1, 0.15) is 0 Å². The summed E-state index contributed by atoms with van der Waals surface area (Å²) < 4.78 is 28.6. The molecule has 0 radical (unpaired) electrons. The standard InChI is InChI=1S/C17H25N3O2S/c1-6-20-15(4)17(14(3)18-20)11-12-19(5)23(21,22)16-9-7-13(2)8-10-16/h7-10H,6,11-12H2,1-5H3. The quantitative estimate of drug-likeness (QED) is 0.815. The van der Waals surface area contributed by atoms with Crippen LogP contribution in [0.2, 0.25) is 0 Å². The summed E-state index contributed by atoms with van der Waals surface area (Å²) in [5.41, 5.74) is 4.28. The van der Waals surface area contributed by atoms with Gasteiger partial charge in [0.2, 0.25) is 10.0 Å². The Labute approximate surface area is 139 Å². The molecule has 2 aromatic rings. The van der Waals surface area contributed by atoms with Gasteiger partial charge >= 0.3 is 0 Å². The lowest BCUT2D eigenvalue weighted by Crippen LogP contribution is -2.29. The molecular weight excluding hydrogens is 310 g/mol. The summed E-state index contributed by atoms with van der Waals surface area (Å²) in [6.45, 7) is 9.27. The number of sulfonamides is 1. The van der Waals surface area contributed by atoms with Gasteiger partial charge in [0.05, 0.1) is 10.6 Å². The molecule has 0 atom stereocenters. The highest BCUT2D eigenvalue weighted by Gasteiger charge is 2.21. The molecule has 2 rings (SSSR count). The molecule has 126 valence electrons. The van der Waals surface area contributed by atoms with E-state index in [1.165, 1.54) is 4.31 Å². The van der Waals surface area contributed by atoms with Crippen LogP contribution in [-0.2, 0) is 23.0 Å². The molecule has 0 unspecified atom stereocenters. The van der Waals surface area contributed by atoms with Crippen LogP contribution in [0.4, 0.5) is 0 Å². The zero-order valence-electron chi connectivity index (χ0n) is 14.5. The summed E-state index contributed by atoms with van der Waals surface area (Å²) in [5, 5.41) is 4.49. The van der Waals surface area contributed by atoms with Crippen LogP contribution in [0, 0.1) is 20.8 Å². The summed E-state index contributed by atoms with van der Waals surface area (Å²) in [6, 6.07) is 6.96. The fourth-order valence-electron chi connectivity index (χ4n) is 2.68. The van der Waals surface area contributed by atoms with E-state index < -0.39 is 10.0 Å². The van der Waals surface area contributed by atoms with Crippen molar-refractivity contribution < 1.29 is 8.42 Å². The first-order chi connectivity index (χ1) is 10.8. The topological polar surface area (TPSA) is 55.2 Å². The average Bonchev–Trinajstić information content (AvgIpc) is 2.79. The molecule has 0 N–H and O–H groups in total. The molecule has 0 saturated heterocycles. The van der Waals surface area contributed by atoms with E-state index in [0.717, 1.165) is 29.1 Å². The third-order valence-electron chi connectivity index (χ3n) is 4.24. The predicted octanol–water partition coefficient (Wildman–Crippen LogP) is 2.69. The van der Waals surface area contributed by atoms with E-state index in [4.69, 9.17) is 0 Å². The summed E-state index contributed by atoms with van der Waals surface area (Å²) in [6.07, 6.45) is 0.666. The molecule has 23 heavy (non-hydrogen) atoms. The molecule has 0 saturated carbocycles. The van der Waals surface area contributed by atoms with Gasteiger partial charge in [-0.25, -0.2) is 12.7 Å². The lowest BCUT2D eigenvalue weighted by Gasteiger charge is -2.17. The maximum Gasteiger partial charge on any atom is 0.242 e. The molecule has 0 spiro atoms.